The number of hydrogen-bond acceptors (Lipinski definition) is 3. The molecular weight excluding hydrogens is 362 g/mol. The molecule has 1 amide bonds. The fraction of sp³-hybridized carbons (Fsp3) is 0.364. The SMILES string of the molecule is O=C(CN1CCC(CN2Cc3c(F)cccc3C2=O)CC1)c1ccc(F)cc1. The van der Waals surface area contributed by atoms with Gasteiger partial charge in [-0.3, -0.25) is 14.5 Å². The number of halogens is 2. The summed E-state index contributed by atoms with van der Waals surface area (Å²) in [6.45, 7) is 2.83. The molecule has 0 radical (unpaired) electrons. The zero-order chi connectivity index (χ0) is 19.7. The normalized spacial score (nSPS) is 17.8. The molecule has 4 nitrogen and oxygen atoms in total. The number of fused-ring (bicyclic) bond motifs is 1. The first-order chi connectivity index (χ1) is 13.5. The van der Waals surface area contributed by atoms with Gasteiger partial charge < -0.3 is 4.90 Å². The van der Waals surface area contributed by atoms with Crippen LogP contribution in [0, 0.1) is 17.6 Å². The second-order valence-corrected chi connectivity index (χ2v) is 7.60. The van der Waals surface area contributed by atoms with Crippen molar-refractivity contribution in [3.63, 3.8) is 0 Å². The van der Waals surface area contributed by atoms with Gasteiger partial charge in [-0.15, -0.1) is 0 Å². The number of nitrogens with zero attached hydrogens (tertiary/aromatic N) is 2. The van der Waals surface area contributed by atoms with E-state index in [0.717, 1.165) is 25.9 Å². The molecule has 0 unspecified atom stereocenters. The Labute approximate surface area is 162 Å². The van der Waals surface area contributed by atoms with E-state index in [9.17, 15) is 18.4 Å². The van der Waals surface area contributed by atoms with Gasteiger partial charge in [-0.25, -0.2) is 8.78 Å². The van der Waals surface area contributed by atoms with Crippen LogP contribution in [0.25, 0.3) is 0 Å². The smallest absolute Gasteiger partial charge is 0.254 e. The Kier molecular flexibility index (Phi) is 5.22. The number of likely N-dealkylation sites (tertiary alicyclic amines) is 1. The minimum Gasteiger partial charge on any atom is -0.334 e. The van der Waals surface area contributed by atoms with Gasteiger partial charge in [0.1, 0.15) is 11.6 Å². The highest BCUT2D eigenvalue weighted by Crippen LogP contribution is 2.28. The van der Waals surface area contributed by atoms with Crippen LogP contribution in [0.3, 0.4) is 0 Å². The Balaban J connectivity index is 1.28. The van der Waals surface area contributed by atoms with E-state index in [1.54, 1.807) is 17.0 Å². The van der Waals surface area contributed by atoms with Gasteiger partial charge in [-0.2, -0.15) is 0 Å². The van der Waals surface area contributed by atoms with Crippen molar-refractivity contribution in [1.82, 2.24) is 9.80 Å². The molecule has 0 atom stereocenters. The number of benzene rings is 2. The number of piperidine rings is 1. The summed E-state index contributed by atoms with van der Waals surface area (Å²) in [4.78, 5) is 28.7. The average molecular weight is 384 g/mol. The lowest BCUT2D eigenvalue weighted by atomic mass is 9.95. The molecule has 2 aromatic carbocycles. The molecule has 0 bridgehead atoms. The Morgan fingerprint density at radius 2 is 1.75 bits per heavy atom. The molecule has 1 fully saturated rings. The van der Waals surface area contributed by atoms with Gasteiger partial charge in [0.05, 0.1) is 6.54 Å². The average Bonchev–Trinajstić information content (AvgIpc) is 3.01. The topological polar surface area (TPSA) is 40.6 Å². The number of ketones is 1. The van der Waals surface area contributed by atoms with E-state index in [1.165, 1.54) is 30.3 Å². The molecule has 2 aromatic rings. The maximum absolute atomic E-state index is 13.9. The quantitative estimate of drug-likeness (QED) is 0.741. The van der Waals surface area contributed by atoms with E-state index in [0.29, 0.717) is 42.2 Å². The Morgan fingerprint density at radius 3 is 2.43 bits per heavy atom. The number of hydrogen-bond donors (Lipinski definition) is 0. The number of carbonyl (C=O) groups excluding carboxylic acids is 2. The lowest BCUT2D eigenvalue weighted by molar-refractivity contribution is 0.0707. The fourth-order valence-electron chi connectivity index (χ4n) is 4.07. The van der Waals surface area contributed by atoms with E-state index >= 15 is 0 Å². The predicted octanol–water partition coefficient (Wildman–Crippen LogP) is 3.52. The third-order valence-electron chi connectivity index (χ3n) is 5.70. The molecule has 0 spiro atoms. The molecule has 146 valence electrons. The van der Waals surface area contributed by atoms with Crippen LogP contribution in [-0.2, 0) is 6.54 Å². The van der Waals surface area contributed by atoms with Crippen molar-refractivity contribution in [2.24, 2.45) is 5.92 Å². The molecule has 2 aliphatic heterocycles. The molecule has 0 saturated carbocycles. The molecule has 4 rings (SSSR count). The van der Waals surface area contributed by atoms with Gasteiger partial charge in [0, 0.05) is 29.8 Å². The third-order valence-corrected chi connectivity index (χ3v) is 5.70. The molecule has 0 N–H and O–H groups in total. The number of rotatable bonds is 5. The molecule has 28 heavy (non-hydrogen) atoms. The molecular formula is C22H22F2N2O2. The molecule has 0 aliphatic carbocycles. The van der Waals surface area contributed by atoms with Crippen LogP contribution < -0.4 is 0 Å². The highest BCUT2D eigenvalue weighted by atomic mass is 19.1. The van der Waals surface area contributed by atoms with Crippen LogP contribution >= 0.6 is 0 Å². The molecule has 6 heteroatoms. The van der Waals surface area contributed by atoms with Crippen molar-refractivity contribution in [1.29, 1.82) is 0 Å². The number of amides is 1. The van der Waals surface area contributed by atoms with Crippen molar-refractivity contribution in [3.8, 4) is 0 Å². The van der Waals surface area contributed by atoms with Crippen LogP contribution in [0.4, 0.5) is 8.78 Å². The van der Waals surface area contributed by atoms with Crippen molar-refractivity contribution < 1.29 is 18.4 Å². The van der Waals surface area contributed by atoms with Crippen LogP contribution in [0.15, 0.2) is 42.5 Å². The van der Waals surface area contributed by atoms with E-state index < -0.39 is 0 Å². The van der Waals surface area contributed by atoms with Crippen molar-refractivity contribution >= 4 is 11.7 Å². The Hall–Kier alpha value is -2.60. The summed E-state index contributed by atoms with van der Waals surface area (Å²) >= 11 is 0. The van der Waals surface area contributed by atoms with Crippen LogP contribution in [0.2, 0.25) is 0 Å². The van der Waals surface area contributed by atoms with E-state index in [2.05, 4.69) is 4.90 Å². The monoisotopic (exact) mass is 384 g/mol. The Morgan fingerprint density at radius 1 is 1.04 bits per heavy atom. The number of Topliss-reactive ketones (excluding diaryl/α,β-unsaturated/α-hetero) is 1. The van der Waals surface area contributed by atoms with Gasteiger partial charge in [0.2, 0.25) is 0 Å². The van der Waals surface area contributed by atoms with E-state index in [-0.39, 0.29) is 23.3 Å². The molecule has 2 aliphatic rings. The maximum Gasteiger partial charge on any atom is 0.254 e. The summed E-state index contributed by atoms with van der Waals surface area (Å²) in [5.74, 6) is -0.431. The second kappa shape index (κ2) is 7.80. The maximum atomic E-state index is 13.9. The van der Waals surface area contributed by atoms with Crippen molar-refractivity contribution in [2.45, 2.75) is 19.4 Å². The van der Waals surface area contributed by atoms with Crippen molar-refractivity contribution in [3.05, 3.63) is 70.8 Å². The summed E-state index contributed by atoms with van der Waals surface area (Å²) in [5, 5.41) is 0. The minimum atomic E-state index is -0.351. The molecule has 2 heterocycles. The van der Waals surface area contributed by atoms with Crippen LogP contribution in [0.5, 0.6) is 0 Å². The summed E-state index contributed by atoms with van der Waals surface area (Å²) in [7, 11) is 0. The fourth-order valence-corrected chi connectivity index (χ4v) is 4.07. The highest BCUT2D eigenvalue weighted by molar-refractivity contribution is 5.98. The second-order valence-electron chi connectivity index (χ2n) is 7.60. The van der Waals surface area contributed by atoms with Crippen molar-refractivity contribution in [2.75, 3.05) is 26.2 Å². The van der Waals surface area contributed by atoms with Gasteiger partial charge in [-0.05, 0) is 68.2 Å². The lowest BCUT2D eigenvalue weighted by Crippen LogP contribution is -2.41. The van der Waals surface area contributed by atoms with Crippen LogP contribution in [0.1, 0.15) is 39.1 Å². The molecule has 1 saturated heterocycles. The standard InChI is InChI=1S/C22H22F2N2O2/c23-17-6-4-16(5-7-17)21(27)14-25-10-8-15(9-11-25)12-26-13-19-18(22(26)28)2-1-3-20(19)24/h1-7,15H,8-14H2. The summed E-state index contributed by atoms with van der Waals surface area (Å²) in [6.07, 6.45) is 1.78. The first-order valence-electron chi connectivity index (χ1n) is 9.59. The lowest BCUT2D eigenvalue weighted by Gasteiger charge is -2.33. The summed E-state index contributed by atoms with van der Waals surface area (Å²) < 4.78 is 26.9. The third kappa shape index (κ3) is 3.83. The largest absolute Gasteiger partial charge is 0.334 e. The highest BCUT2D eigenvalue weighted by Gasteiger charge is 2.32. The van der Waals surface area contributed by atoms with Gasteiger partial charge in [0.25, 0.3) is 5.91 Å². The van der Waals surface area contributed by atoms with E-state index in [4.69, 9.17) is 0 Å². The minimum absolute atomic E-state index is 0.0147. The van der Waals surface area contributed by atoms with E-state index in [1.807, 2.05) is 0 Å². The van der Waals surface area contributed by atoms with Crippen LogP contribution in [-0.4, -0.2) is 47.7 Å². The van der Waals surface area contributed by atoms with Gasteiger partial charge in [-0.1, -0.05) is 6.07 Å². The predicted molar refractivity (Wildman–Crippen MR) is 101 cm³/mol. The molecule has 0 aromatic heterocycles. The Bertz CT molecular complexity index is 890. The number of carbonyl (C=O) groups is 2. The zero-order valence-corrected chi connectivity index (χ0v) is 15.5. The summed E-state index contributed by atoms with van der Waals surface area (Å²) in [5.41, 5.74) is 1.49. The summed E-state index contributed by atoms with van der Waals surface area (Å²) in [6, 6.07) is 10.3. The zero-order valence-electron chi connectivity index (χ0n) is 15.5. The van der Waals surface area contributed by atoms with Gasteiger partial charge >= 0.3 is 0 Å². The first kappa shape index (κ1) is 18.7. The first-order valence-corrected chi connectivity index (χ1v) is 9.59. The van der Waals surface area contributed by atoms with Gasteiger partial charge in [0.15, 0.2) is 5.78 Å².